The molecule has 5 nitrogen and oxygen atoms in total. The number of carbonyl (C=O) groups excluding carboxylic acids is 1. The quantitative estimate of drug-likeness (QED) is 0.226. The van der Waals surface area contributed by atoms with Gasteiger partial charge < -0.3 is 4.57 Å². The molecule has 5 rings (SSSR count). The molecule has 0 saturated carbocycles. The topological polar surface area (TPSA) is 56.2 Å². The van der Waals surface area contributed by atoms with E-state index in [1.165, 1.54) is 6.07 Å². The van der Waals surface area contributed by atoms with E-state index in [4.69, 9.17) is 16.4 Å². The van der Waals surface area contributed by atoms with Crippen molar-refractivity contribution >= 4 is 39.3 Å². The second-order valence-electron chi connectivity index (χ2n) is 8.09. The van der Waals surface area contributed by atoms with Crippen LogP contribution in [-0.4, -0.2) is 15.5 Å². The minimum atomic E-state index is -0.783. The third-order valence-electron chi connectivity index (χ3n) is 5.78. The fourth-order valence-corrected chi connectivity index (χ4v) is 4.28. The Morgan fingerprint density at radius 2 is 1.74 bits per heavy atom. The molecule has 3 aromatic carbocycles. The van der Waals surface area contributed by atoms with Gasteiger partial charge in [0.1, 0.15) is 11.6 Å². The van der Waals surface area contributed by atoms with Crippen molar-refractivity contribution in [1.29, 1.82) is 0 Å². The Morgan fingerprint density at radius 1 is 0.971 bits per heavy atom. The predicted octanol–water partition coefficient (Wildman–Crippen LogP) is 5.96. The number of amides is 1. The number of aromatic nitrogens is 2. The molecular formula is C27H20ClF2N3O2. The summed E-state index contributed by atoms with van der Waals surface area (Å²) in [6, 6.07) is 21.2. The Balaban J connectivity index is 1.41. The van der Waals surface area contributed by atoms with Gasteiger partial charge in [0.25, 0.3) is 0 Å². The summed E-state index contributed by atoms with van der Waals surface area (Å²) in [5.74, 6) is -1.79. The van der Waals surface area contributed by atoms with Crippen molar-refractivity contribution in [2.45, 2.75) is 19.6 Å². The van der Waals surface area contributed by atoms with Gasteiger partial charge >= 0.3 is 0 Å². The third kappa shape index (κ3) is 4.73. The molecule has 0 saturated heterocycles. The molecule has 0 fully saturated rings. The highest BCUT2D eigenvalue weighted by Crippen LogP contribution is 2.31. The first-order valence-corrected chi connectivity index (χ1v) is 11.3. The molecule has 0 atom stereocenters. The van der Waals surface area contributed by atoms with E-state index in [0.29, 0.717) is 11.2 Å². The summed E-state index contributed by atoms with van der Waals surface area (Å²) in [4.78, 5) is 22.1. The van der Waals surface area contributed by atoms with Gasteiger partial charge in [-0.1, -0.05) is 60.1 Å². The first-order chi connectivity index (χ1) is 17.0. The lowest BCUT2D eigenvalue weighted by Gasteiger charge is -2.11. The van der Waals surface area contributed by atoms with Gasteiger partial charge in [-0.15, -0.1) is 0 Å². The van der Waals surface area contributed by atoms with Gasteiger partial charge in [-0.2, -0.15) is 0 Å². The first kappa shape index (κ1) is 23.0. The molecule has 0 spiro atoms. The lowest BCUT2D eigenvalue weighted by Crippen LogP contribution is -2.25. The average molecular weight is 492 g/mol. The fraction of sp³-hybridized carbons (Fsp3) is 0.111. The molecule has 35 heavy (non-hydrogen) atoms. The number of fused-ring (bicyclic) bond motifs is 3. The standard InChI is InChI=1S/C27H20ClF2N3O2/c28-22-10-11-23(29)21(27(22)30)15-33-24-9-5-4-8-19(24)20-12-18(31-14-25(20)33)13-26(34)32-35-16-17-6-2-1-3-7-17/h1-12,14H,13,15-16H2,(H,32,34). The summed E-state index contributed by atoms with van der Waals surface area (Å²) in [5, 5.41) is 1.57. The van der Waals surface area contributed by atoms with Crippen LogP contribution in [0.3, 0.4) is 0 Å². The number of para-hydroxylation sites is 1. The zero-order valence-corrected chi connectivity index (χ0v) is 19.2. The monoisotopic (exact) mass is 491 g/mol. The molecule has 2 aromatic heterocycles. The van der Waals surface area contributed by atoms with Crippen molar-refractivity contribution < 1.29 is 18.4 Å². The largest absolute Gasteiger partial charge is 0.334 e. The molecule has 2 heterocycles. The number of nitrogens with zero attached hydrogens (tertiary/aromatic N) is 2. The van der Waals surface area contributed by atoms with E-state index < -0.39 is 11.6 Å². The number of carbonyl (C=O) groups is 1. The number of halogens is 3. The van der Waals surface area contributed by atoms with Gasteiger partial charge in [0.15, 0.2) is 0 Å². The lowest BCUT2D eigenvalue weighted by atomic mass is 10.1. The van der Waals surface area contributed by atoms with E-state index in [9.17, 15) is 13.6 Å². The van der Waals surface area contributed by atoms with Crippen LogP contribution in [0.25, 0.3) is 21.8 Å². The van der Waals surface area contributed by atoms with Gasteiger partial charge in [0, 0.05) is 21.9 Å². The highest BCUT2D eigenvalue weighted by molar-refractivity contribution is 6.30. The van der Waals surface area contributed by atoms with Crippen LogP contribution in [0, 0.1) is 11.6 Å². The Morgan fingerprint density at radius 3 is 2.57 bits per heavy atom. The Kier molecular flexibility index (Phi) is 6.44. The number of nitrogens with one attached hydrogen (secondary N) is 1. The maximum atomic E-state index is 14.6. The molecule has 0 aliphatic carbocycles. The Labute approximate surface area is 204 Å². The van der Waals surface area contributed by atoms with Gasteiger partial charge in [0.05, 0.1) is 42.0 Å². The summed E-state index contributed by atoms with van der Waals surface area (Å²) in [5.41, 5.74) is 5.27. The van der Waals surface area contributed by atoms with Crippen molar-refractivity contribution in [3.8, 4) is 0 Å². The lowest BCUT2D eigenvalue weighted by molar-refractivity contribution is -0.133. The van der Waals surface area contributed by atoms with E-state index >= 15 is 0 Å². The second-order valence-corrected chi connectivity index (χ2v) is 8.50. The van der Waals surface area contributed by atoms with Crippen LogP contribution < -0.4 is 5.48 Å². The SMILES string of the molecule is O=C(Cc1cc2c3ccccc3n(Cc3c(F)ccc(Cl)c3F)c2cn1)NOCc1ccccc1. The molecule has 0 aliphatic rings. The number of hydrogen-bond donors (Lipinski definition) is 1. The smallest absolute Gasteiger partial charge is 0.249 e. The predicted molar refractivity (Wildman–Crippen MR) is 131 cm³/mol. The van der Waals surface area contributed by atoms with Crippen LogP contribution in [-0.2, 0) is 29.2 Å². The van der Waals surface area contributed by atoms with Gasteiger partial charge in [-0.3, -0.25) is 14.6 Å². The number of hydrogen-bond acceptors (Lipinski definition) is 3. The molecule has 0 unspecified atom stereocenters. The van der Waals surface area contributed by atoms with Crippen LogP contribution in [0.5, 0.6) is 0 Å². The van der Waals surface area contributed by atoms with Gasteiger partial charge in [-0.25, -0.2) is 14.3 Å². The zero-order chi connectivity index (χ0) is 24.4. The molecule has 0 bridgehead atoms. The summed E-state index contributed by atoms with van der Waals surface area (Å²) in [6.45, 7) is 0.195. The van der Waals surface area contributed by atoms with Crippen molar-refractivity contribution in [2.75, 3.05) is 0 Å². The van der Waals surface area contributed by atoms with E-state index in [1.54, 1.807) is 10.8 Å². The number of rotatable bonds is 7. The van der Waals surface area contributed by atoms with E-state index in [2.05, 4.69) is 10.5 Å². The molecule has 1 N–H and O–H groups in total. The molecule has 176 valence electrons. The normalized spacial score (nSPS) is 11.3. The molecular weight excluding hydrogens is 472 g/mol. The number of benzene rings is 3. The minimum Gasteiger partial charge on any atom is -0.334 e. The van der Waals surface area contributed by atoms with E-state index in [0.717, 1.165) is 27.9 Å². The maximum absolute atomic E-state index is 14.6. The first-order valence-electron chi connectivity index (χ1n) is 10.9. The Bertz CT molecular complexity index is 1540. The minimum absolute atomic E-state index is 0.0157. The average Bonchev–Trinajstić information content (AvgIpc) is 3.18. The zero-order valence-electron chi connectivity index (χ0n) is 18.5. The van der Waals surface area contributed by atoms with Crippen LogP contribution in [0.4, 0.5) is 8.78 Å². The van der Waals surface area contributed by atoms with Gasteiger partial charge in [-0.05, 0) is 29.8 Å². The summed E-state index contributed by atoms with van der Waals surface area (Å²) in [6.07, 6.45) is 1.63. The fourth-order valence-electron chi connectivity index (χ4n) is 4.10. The Hall–Kier alpha value is -3.81. The van der Waals surface area contributed by atoms with Crippen molar-refractivity contribution in [1.82, 2.24) is 15.0 Å². The maximum Gasteiger partial charge on any atom is 0.249 e. The molecule has 0 aliphatic heterocycles. The van der Waals surface area contributed by atoms with Crippen LogP contribution in [0.15, 0.2) is 79.0 Å². The highest BCUT2D eigenvalue weighted by Gasteiger charge is 2.18. The van der Waals surface area contributed by atoms with Crippen LogP contribution in [0.2, 0.25) is 5.02 Å². The number of pyridine rings is 1. The molecule has 8 heteroatoms. The summed E-state index contributed by atoms with van der Waals surface area (Å²) >= 11 is 5.89. The summed E-state index contributed by atoms with van der Waals surface area (Å²) in [7, 11) is 0. The van der Waals surface area contributed by atoms with E-state index in [1.807, 2.05) is 60.7 Å². The summed E-state index contributed by atoms with van der Waals surface area (Å²) < 4.78 is 30.9. The van der Waals surface area contributed by atoms with Crippen LogP contribution in [0.1, 0.15) is 16.8 Å². The third-order valence-corrected chi connectivity index (χ3v) is 6.07. The highest BCUT2D eigenvalue weighted by atomic mass is 35.5. The van der Waals surface area contributed by atoms with Gasteiger partial charge in [0.2, 0.25) is 5.91 Å². The van der Waals surface area contributed by atoms with Crippen molar-refractivity contribution in [3.63, 3.8) is 0 Å². The van der Waals surface area contributed by atoms with Crippen LogP contribution >= 0.6 is 11.6 Å². The second kappa shape index (κ2) is 9.82. The van der Waals surface area contributed by atoms with E-state index in [-0.39, 0.29) is 36.1 Å². The molecule has 5 aromatic rings. The molecule has 0 radical (unpaired) electrons. The van der Waals surface area contributed by atoms with Crippen molar-refractivity contribution in [2.24, 2.45) is 0 Å². The molecule has 1 amide bonds. The number of hydroxylamine groups is 1. The van der Waals surface area contributed by atoms with Crippen molar-refractivity contribution in [3.05, 3.63) is 112 Å².